The van der Waals surface area contributed by atoms with Gasteiger partial charge < -0.3 is 19.5 Å². The molecule has 1 aromatic heterocycles. The van der Waals surface area contributed by atoms with Crippen molar-refractivity contribution in [2.24, 2.45) is 0 Å². The first-order valence-corrected chi connectivity index (χ1v) is 9.75. The molecule has 2 amide bonds. The second-order valence-electron chi connectivity index (χ2n) is 7.25. The van der Waals surface area contributed by atoms with E-state index in [1.54, 1.807) is 0 Å². The highest BCUT2D eigenvalue weighted by molar-refractivity contribution is 5.90. The molecule has 0 spiro atoms. The zero-order valence-electron chi connectivity index (χ0n) is 16.6. The number of hydrogen-bond donors (Lipinski definition) is 1. The first-order valence-electron chi connectivity index (χ1n) is 9.75. The lowest BCUT2D eigenvalue weighted by Gasteiger charge is -2.31. The Kier molecular flexibility index (Phi) is 5.77. The highest BCUT2D eigenvalue weighted by Crippen LogP contribution is 2.34. The summed E-state index contributed by atoms with van der Waals surface area (Å²) >= 11 is 0. The zero-order chi connectivity index (χ0) is 22.9. The van der Waals surface area contributed by atoms with Crippen LogP contribution in [0.3, 0.4) is 0 Å². The summed E-state index contributed by atoms with van der Waals surface area (Å²) in [6, 6.07) is 10.4. The van der Waals surface area contributed by atoms with Crippen LogP contribution in [0.1, 0.15) is 23.7 Å². The van der Waals surface area contributed by atoms with Gasteiger partial charge in [0.15, 0.2) is 0 Å². The summed E-state index contributed by atoms with van der Waals surface area (Å²) in [4.78, 5) is 14.6. The van der Waals surface area contributed by atoms with Crippen LogP contribution in [0.4, 0.5) is 32.4 Å². The maximum Gasteiger partial charge on any atom is 0.573 e. The molecule has 0 aliphatic carbocycles. The summed E-state index contributed by atoms with van der Waals surface area (Å²) < 4.78 is 70.6. The molecule has 1 aliphatic heterocycles. The van der Waals surface area contributed by atoms with E-state index >= 15 is 0 Å². The largest absolute Gasteiger partial charge is 0.573 e. The molecule has 3 aromatic rings. The quantitative estimate of drug-likeness (QED) is 0.520. The number of nitrogens with zero attached hydrogens (tertiary/aromatic N) is 2. The second-order valence-corrected chi connectivity index (χ2v) is 7.25. The van der Waals surface area contributed by atoms with Crippen molar-refractivity contribution in [3.8, 4) is 5.75 Å². The van der Waals surface area contributed by atoms with Gasteiger partial charge in [-0.05, 0) is 48.4 Å². The van der Waals surface area contributed by atoms with Gasteiger partial charge in [-0.25, -0.2) is 13.6 Å². The molecule has 1 atom stereocenters. The standard InChI is InChI=1S/C22H18F5N3O2/c23-15-6-9-18(17(24)13-15)28-21(31)30-12-2-11-29-10-1-3-19(29)20(30)14-4-7-16(8-5-14)32-22(25,26)27/h1,3-10,13,20H,2,11-12H2,(H,28,31). The van der Waals surface area contributed by atoms with E-state index in [0.717, 1.165) is 17.8 Å². The van der Waals surface area contributed by atoms with Gasteiger partial charge in [-0.2, -0.15) is 0 Å². The van der Waals surface area contributed by atoms with Crippen molar-refractivity contribution in [3.05, 3.63) is 83.7 Å². The van der Waals surface area contributed by atoms with Gasteiger partial charge in [0.1, 0.15) is 17.4 Å². The topological polar surface area (TPSA) is 46.5 Å². The summed E-state index contributed by atoms with van der Waals surface area (Å²) in [5, 5.41) is 2.46. The number of aryl methyl sites for hydroxylation is 1. The molecule has 168 valence electrons. The lowest BCUT2D eigenvalue weighted by Crippen LogP contribution is -2.39. The monoisotopic (exact) mass is 451 g/mol. The predicted octanol–water partition coefficient (Wildman–Crippen LogP) is 5.69. The summed E-state index contributed by atoms with van der Waals surface area (Å²) in [6.07, 6.45) is -2.36. The Labute approximate surface area is 180 Å². The number of aromatic nitrogens is 1. The fraction of sp³-hybridized carbons (Fsp3) is 0.227. The highest BCUT2D eigenvalue weighted by Gasteiger charge is 2.33. The minimum absolute atomic E-state index is 0.177. The number of carbonyl (C=O) groups is 1. The molecule has 0 saturated heterocycles. The number of amides is 2. The van der Waals surface area contributed by atoms with Crippen LogP contribution in [0, 0.1) is 11.6 Å². The van der Waals surface area contributed by atoms with Crippen molar-refractivity contribution in [3.63, 3.8) is 0 Å². The smallest absolute Gasteiger partial charge is 0.406 e. The maximum atomic E-state index is 14.1. The van der Waals surface area contributed by atoms with Gasteiger partial charge in [0, 0.05) is 31.0 Å². The van der Waals surface area contributed by atoms with Gasteiger partial charge in [-0.15, -0.1) is 13.2 Å². The first kappa shape index (κ1) is 21.7. The molecule has 1 N–H and O–H groups in total. The number of halogens is 5. The molecule has 4 rings (SSSR count). The third-order valence-corrected chi connectivity index (χ3v) is 5.12. The van der Waals surface area contributed by atoms with E-state index in [-0.39, 0.29) is 11.4 Å². The number of benzene rings is 2. The molecular weight excluding hydrogens is 433 g/mol. The van der Waals surface area contributed by atoms with E-state index in [2.05, 4.69) is 10.1 Å². The number of ether oxygens (including phenoxy) is 1. The molecule has 0 radical (unpaired) electrons. The molecule has 0 saturated carbocycles. The van der Waals surface area contributed by atoms with Crippen LogP contribution in [-0.4, -0.2) is 28.4 Å². The number of nitrogens with one attached hydrogen (secondary N) is 1. The van der Waals surface area contributed by atoms with Crippen LogP contribution in [0.15, 0.2) is 60.8 Å². The average molecular weight is 451 g/mol. The van der Waals surface area contributed by atoms with Crippen LogP contribution in [-0.2, 0) is 6.54 Å². The second kappa shape index (κ2) is 8.52. The van der Waals surface area contributed by atoms with E-state index in [1.165, 1.54) is 29.2 Å². The van der Waals surface area contributed by atoms with Gasteiger partial charge >= 0.3 is 12.4 Å². The highest BCUT2D eigenvalue weighted by atomic mass is 19.4. The summed E-state index contributed by atoms with van der Waals surface area (Å²) in [5.41, 5.74) is 1.13. The van der Waals surface area contributed by atoms with E-state index < -0.39 is 30.1 Å². The zero-order valence-corrected chi connectivity index (χ0v) is 16.6. The fourth-order valence-corrected chi connectivity index (χ4v) is 3.78. The molecule has 1 aliphatic rings. The van der Waals surface area contributed by atoms with Crippen LogP contribution in [0.2, 0.25) is 0 Å². The molecule has 5 nitrogen and oxygen atoms in total. The number of anilines is 1. The molecule has 10 heteroatoms. The van der Waals surface area contributed by atoms with Crippen molar-refractivity contribution >= 4 is 11.7 Å². The molecular formula is C22H18F5N3O2. The normalized spacial score (nSPS) is 16.3. The number of urea groups is 1. The van der Waals surface area contributed by atoms with Gasteiger partial charge in [-0.3, -0.25) is 0 Å². The van der Waals surface area contributed by atoms with Crippen LogP contribution < -0.4 is 10.1 Å². The minimum atomic E-state index is -4.82. The number of hydrogen-bond acceptors (Lipinski definition) is 2. The third-order valence-electron chi connectivity index (χ3n) is 5.12. The molecule has 0 fully saturated rings. The number of carbonyl (C=O) groups excluding carboxylic acids is 1. The molecule has 32 heavy (non-hydrogen) atoms. The Bertz CT molecular complexity index is 1110. The van der Waals surface area contributed by atoms with Crippen LogP contribution >= 0.6 is 0 Å². The summed E-state index contributed by atoms with van der Waals surface area (Å²) in [5.74, 6) is -2.07. The molecule has 0 bridgehead atoms. The van der Waals surface area contributed by atoms with E-state index in [0.29, 0.717) is 31.1 Å². The van der Waals surface area contributed by atoms with Crippen LogP contribution in [0.25, 0.3) is 0 Å². The molecule has 2 aromatic carbocycles. The van der Waals surface area contributed by atoms with Gasteiger partial charge in [0.2, 0.25) is 0 Å². The Morgan fingerprint density at radius 1 is 1.03 bits per heavy atom. The van der Waals surface area contributed by atoms with Gasteiger partial charge in [-0.1, -0.05) is 12.1 Å². The predicted molar refractivity (Wildman–Crippen MR) is 106 cm³/mol. The third kappa shape index (κ3) is 4.68. The lowest BCUT2D eigenvalue weighted by molar-refractivity contribution is -0.274. The number of fused-ring (bicyclic) bond motifs is 1. The van der Waals surface area contributed by atoms with Crippen molar-refractivity contribution in [1.29, 1.82) is 0 Å². The van der Waals surface area contributed by atoms with Crippen molar-refractivity contribution < 1.29 is 31.5 Å². The van der Waals surface area contributed by atoms with E-state index in [9.17, 15) is 26.7 Å². The van der Waals surface area contributed by atoms with Crippen molar-refractivity contribution in [2.45, 2.75) is 25.4 Å². The van der Waals surface area contributed by atoms with Crippen molar-refractivity contribution in [2.75, 3.05) is 11.9 Å². The Morgan fingerprint density at radius 2 is 1.78 bits per heavy atom. The SMILES string of the molecule is O=C(Nc1ccc(F)cc1F)N1CCCn2cccc2C1c1ccc(OC(F)(F)F)cc1. The van der Waals surface area contributed by atoms with Gasteiger partial charge in [0.25, 0.3) is 0 Å². The Morgan fingerprint density at radius 3 is 2.47 bits per heavy atom. The van der Waals surface area contributed by atoms with E-state index in [1.807, 2.05) is 22.9 Å². The molecule has 1 unspecified atom stereocenters. The minimum Gasteiger partial charge on any atom is -0.406 e. The number of alkyl halides is 3. The lowest BCUT2D eigenvalue weighted by atomic mass is 10.0. The van der Waals surface area contributed by atoms with Crippen molar-refractivity contribution in [1.82, 2.24) is 9.47 Å². The van der Waals surface area contributed by atoms with Crippen LogP contribution in [0.5, 0.6) is 5.75 Å². The average Bonchev–Trinajstić information content (AvgIpc) is 3.09. The van der Waals surface area contributed by atoms with E-state index in [4.69, 9.17) is 0 Å². The first-order chi connectivity index (χ1) is 15.2. The van der Waals surface area contributed by atoms with Gasteiger partial charge in [0.05, 0.1) is 11.7 Å². The Hall–Kier alpha value is -3.56. The maximum absolute atomic E-state index is 14.1. The Balaban J connectivity index is 1.66. The number of rotatable bonds is 3. The summed E-state index contributed by atoms with van der Waals surface area (Å²) in [7, 11) is 0. The molecule has 2 heterocycles. The fourth-order valence-electron chi connectivity index (χ4n) is 3.78. The summed E-state index contributed by atoms with van der Waals surface area (Å²) in [6.45, 7) is 0.935.